The minimum Gasteiger partial charge on any atom is -0.358 e. The molecule has 0 aromatic carbocycles. The number of carbonyl (C=O) groups is 2. The van der Waals surface area contributed by atoms with Gasteiger partial charge in [-0.15, -0.1) is 0 Å². The van der Waals surface area contributed by atoms with E-state index in [-0.39, 0.29) is 62.7 Å². The average Bonchev–Trinajstić information content (AvgIpc) is 2.32. The van der Waals surface area contributed by atoms with Crippen LogP contribution in [-0.2, 0) is 42.3 Å². The maximum atomic E-state index is 11.7. The SMILES string of the molecule is CC(C)CC(C)C(=O)C(C)(C)C.CC(C)C[CH-]C(=O)C(C)(C)C.[CH3-].[Y]. The van der Waals surface area contributed by atoms with Crippen molar-refractivity contribution in [3.8, 4) is 0 Å². The Hall–Kier alpha value is 0.314. The van der Waals surface area contributed by atoms with Gasteiger partial charge in [0.1, 0.15) is 5.78 Å². The van der Waals surface area contributed by atoms with Crippen LogP contribution in [0.3, 0.4) is 0 Å². The summed E-state index contributed by atoms with van der Waals surface area (Å²) in [7, 11) is 0. The van der Waals surface area contributed by atoms with E-state index in [9.17, 15) is 9.59 Å². The Bertz CT molecular complexity index is 357. The molecule has 0 amide bonds. The molecule has 3 heteroatoms. The van der Waals surface area contributed by atoms with Gasteiger partial charge in [0, 0.05) is 49.8 Å². The van der Waals surface area contributed by atoms with Gasteiger partial charge in [-0.25, -0.2) is 0 Å². The third-order valence-electron chi connectivity index (χ3n) is 3.53. The first kappa shape index (κ1) is 32.9. The quantitative estimate of drug-likeness (QED) is 0.447. The van der Waals surface area contributed by atoms with Crippen molar-refractivity contribution in [1.29, 1.82) is 0 Å². The number of carbonyl (C=O) groups excluding carboxylic acids is 2. The molecule has 0 heterocycles. The first-order valence-electron chi connectivity index (χ1n) is 9.01. The van der Waals surface area contributed by atoms with E-state index in [1.807, 2.05) is 54.9 Å². The van der Waals surface area contributed by atoms with Crippen molar-refractivity contribution in [2.45, 2.75) is 89.0 Å². The molecule has 149 valence electrons. The number of hydrogen-bond acceptors (Lipinski definition) is 2. The number of hydrogen-bond donors (Lipinski definition) is 0. The van der Waals surface area contributed by atoms with Gasteiger partial charge in [0.15, 0.2) is 0 Å². The van der Waals surface area contributed by atoms with Crippen LogP contribution in [0, 0.1) is 42.4 Å². The summed E-state index contributed by atoms with van der Waals surface area (Å²) >= 11 is 0. The first-order chi connectivity index (χ1) is 10.1. The van der Waals surface area contributed by atoms with Crippen molar-refractivity contribution in [3.63, 3.8) is 0 Å². The Morgan fingerprint density at radius 3 is 1.44 bits per heavy atom. The Morgan fingerprint density at radius 2 is 1.20 bits per heavy atom. The van der Waals surface area contributed by atoms with Crippen molar-refractivity contribution in [2.75, 3.05) is 0 Å². The molecular weight excluding hydrogens is 385 g/mol. The third-order valence-corrected chi connectivity index (χ3v) is 3.53. The molecule has 25 heavy (non-hydrogen) atoms. The monoisotopic (exact) mass is 429 g/mol. The van der Waals surface area contributed by atoms with E-state index in [1.54, 1.807) is 0 Å². The van der Waals surface area contributed by atoms with Crippen LogP contribution in [-0.4, -0.2) is 11.6 Å². The Kier molecular flexibility index (Phi) is 18.9. The van der Waals surface area contributed by atoms with Gasteiger partial charge in [-0.2, -0.15) is 6.42 Å². The van der Waals surface area contributed by atoms with Crippen LogP contribution in [0.4, 0.5) is 0 Å². The standard InChI is InChI=1S/C11H22O.C10H19O.CH3.Y/c1-8(2)7-9(3)10(12)11(4,5)6;1-8(2)6-7-9(11)10(3,4)5;;/h8-9H,7H2,1-6H3;7-8H,6H2,1-5H3;1H3;/q;2*-1;. The summed E-state index contributed by atoms with van der Waals surface area (Å²) in [5.41, 5.74) is -0.372. The fourth-order valence-corrected chi connectivity index (χ4v) is 2.20. The van der Waals surface area contributed by atoms with E-state index in [0.717, 1.165) is 12.8 Å². The molecule has 0 spiro atoms. The van der Waals surface area contributed by atoms with Gasteiger partial charge in [0.2, 0.25) is 0 Å². The van der Waals surface area contributed by atoms with Gasteiger partial charge in [-0.1, -0.05) is 82.1 Å². The van der Waals surface area contributed by atoms with Crippen LogP contribution in [0.25, 0.3) is 0 Å². The average molecular weight is 429 g/mol. The maximum absolute atomic E-state index is 11.7. The summed E-state index contributed by atoms with van der Waals surface area (Å²) in [6, 6.07) is 0. The maximum Gasteiger partial charge on any atom is 0.141 e. The van der Waals surface area contributed by atoms with Crippen molar-refractivity contribution >= 4 is 11.6 Å². The van der Waals surface area contributed by atoms with E-state index < -0.39 is 0 Å². The molecule has 0 fully saturated rings. The Balaban J connectivity index is -0.000000164. The van der Waals surface area contributed by atoms with Crippen LogP contribution >= 0.6 is 0 Å². The van der Waals surface area contributed by atoms with Crippen LogP contribution in [0.5, 0.6) is 0 Å². The van der Waals surface area contributed by atoms with E-state index in [1.165, 1.54) is 0 Å². The fraction of sp³-hybridized carbons (Fsp3) is 0.818. The summed E-state index contributed by atoms with van der Waals surface area (Å²) < 4.78 is 0. The second-order valence-corrected chi connectivity index (χ2v) is 9.59. The molecule has 0 saturated heterocycles. The molecule has 1 unspecified atom stereocenters. The van der Waals surface area contributed by atoms with Gasteiger partial charge in [0.25, 0.3) is 0 Å². The largest absolute Gasteiger partial charge is 0.358 e. The minimum absolute atomic E-state index is 0. The smallest absolute Gasteiger partial charge is 0.141 e. The van der Waals surface area contributed by atoms with Crippen LogP contribution in [0.2, 0.25) is 0 Å². The van der Waals surface area contributed by atoms with E-state index >= 15 is 0 Å². The van der Waals surface area contributed by atoms with Gasteiger partial charge < -0.3 is 18.6 Å². The van der Waals surface area contributed by atoms with Gasteiger partial charge in [-0.3, -0.25) is 4.79 Å². The minimum atomic E-state index is -0.200. The number of Topliss-reactive ketones (excluding diaryl/α,β-unsaturated/α-hetero) is 2. The van der Waals surface area contributed by atoms with Gasteiger partial charge in [-0.05, 0) is 17.8 Å². The molecule has 0 rings (SSSR count). The van der Waals surface area contributed by atoms with Crippen LogP contribution in [0.15, 0.2) is 0 Å². The molecule has 2 nitrogen and oxygen atoms in total. The summed E-state index contributed by atoms with van der Waals surface area (Å²) in [5.74, 6) is 2.06. The number of rotatable bonds is 6. The van der Waals surface area contributed by atoms with Crippen molar-refractivity contribution < 1.29 is 42.3 Å². The zero-order valence-electron chi connectivity index (χ0n) is 19.1. The normalized spacial score (nSPS) is 12.4. The summed E-state index contributed by atoms with van der Waals surface area (Å²) in [5, 5.41) is 0. The molecule has 0 N–H and O–H groups in total. The Morgan fingerprint density at radius 1 is 0.800 bits per heavy atom. The predicted molar refractivity (Wildman–Crippen MR) is 108 cm³/mol. The summed E-state index contributed by atoms with van der Waals surface area (Å²) in [4.78, 5) is 23.0. The predicted octanol–water partition coefficient (Wildman–Crippen LogP) is 6.58. The second kappa shape index (κ2) is 14.4. The van der Waals surface area contributed by atoms with E-state index in [2.05, 4.69) is 27.7 Å². The molecule has 0 aliphatic rings. The first-order valence-corrected chi connectivity index (χ1v) is 9.01. The molecular formula is C22H44O2Y-2. The molecule has 0 aromatic rings. The summed E-state index contributed by atoms with van der Waals surface area (Å²) in [6.07, 6.45) is 3.72. The van der Waals surface area contributed by atoms with Crippen molar-refractivity contribution in [3.05, 3.63) is 13.8 Å². The van der Waals surface area contributed by atoms with Crippen molar-refractivity contribution in [1.82, 2.24) is 0 Å². The summed E-state index contributed by atoms with van der Waals surface area (Å²) in [6.45, 7) is 22.4. The fourth-order valence-electron chi connectivity index (χ4n) is 2.20. The molecule has 0 saturated carbocycles. The van der Waals surface area contributed by atoms with E-state index in [4.69, 9.17) is 0 Å². The van der Waals surface area contributed by atoms with Crippen LogP contribution < -0.4 is 0 Å². The molecule has 0 aromatic heterocycles. The third kappa shape index (κ3) is 18.9. The van der Waals surface area contributed by atoms with E-state index in [0.29, 0.717) is 17.6 Å². The van der Waals surface area contributed by atoms with Crippen molar-refractivity contribution in [2.24, 2.45) is 28.6 Å². The topological polar surface area (TPSA) is 34.1 Å². The molecule has 1 radical (unpaired) electrons. The molecule has 0 aliphatic carbocycles. The van der Waals surface area contributed by atoms with Gasteiger partial charge in [0.05, 0.1) is 0 Å². The molecule has 0 aliphatic heterocycles. The molecule has 0 bridgehead atoms. The second-order valence-electron chi connectivity index (χ2n) is 9.59. The molecule has 1 atom stereocenters. The van der Waals surface area contributed by atoms with Gasteiger partial charge >= 0.3 is 0 Å². The number of ketones is 2. The zero-order valence-corrected chi connectivity index (χ0v) is 22.0. The Labute approximate surface area is 184 Å². The zero-order chi connectivity index (χ0) is 19.0. The van der Waals surface area contributed by atoms with Crippen LogP contribution in [0.1, 0.15) is 89.0 Å².